The third-order valence-corrected chi connectivity index (χ3v) is 3.83. The molecule has 2 rings (SSSR count). The van der Waals surface area contributed by atoms with E-state index in [-0.39, 0.29) is 0 Å². The van der Waals surface area contributed by atoms with E-state index in [4.69, 9.17) is 0 Å². The van der Waals surface area contributed by atoms with Gasteiger partial charge in [-0.25, -0.2) is 9.97 Å². The van der Waals surface area contributed by atoms with Crippen molar-refractivity contribution in [3.63, 3.8) is 0 Å². The lowest BCUT2D eigenvalue weighted by Gasteiger charge is -2.13. The van der Waals surface area contributed by atoms with E-state index in [0.717, 1.165) is 12.2 Å². The molecule has 0 saturated heterocycles. The second-order valence-electron chi connectivity index (χ2n) is 3.37. The Morgan fingerprint density at radius 2 is 2.15 bits per heavy atom. The van der Waals surface area contributed by atoms with Crippen LogP contribution in [0.3, 0.4) is 0 Å². The molecule has 0 aliphatic heterocycles. The van der Waals surface area contributed by atoms with Crippen LogP contribution in [0.4, 0.5) is 5.69 Å². The Morgan fingerprint density at radius 3 is 2.69 bits per heavy atom. The first kappa shape index (κ1) is 8.81. The highest BCUT2D eigenvalue weighted by atomic mass is 32.2. The Balaban J connectivity index is 1.86. The lowest BCUT2D eigenvalue weighted by molar-refractivity contribution is 0.944. The maximum atomic E-state index is 3.95. The zero-order valence-electron chi connectivity index (χ0n) is 7.66. The third-order valence-electron chi connectivity index (χ3n) is 2.42. The van der Waals surface area contributed by atoms with Crippen molar-refractivity contribution < 1.29 is 0 Å². The summed E-state index contributed by atoms with van der Waals surface area (Å²) >= 11 is 1.95. The van der Waals surface area contributed by atoms with Gasteiger partial charge in [-0.05, 0) is 19.1 Å². The Kier molecular flexibility index (Phi) is 2.40. The van der Waals surface area contributed by atoms with Crippen LogP contribution in [-0.2, 0) is 0 Å². The number of nitrogens with zero attached hydrogens (tertiary/aromatic N) is 2. The highest BCUT2D eigenvalue weighted by Crippen LogP contribution is 2.46. The molecular weight excluding hydrogens is 182 g/mol. The van der Waals surface area contributed by atoms with Crippen LogP contribution in [0.1, 0.15) is 12.8 Å². The minimum atomic E-state index is 0.496. The zero-order chi connectivity index (χ0) is 9.15. The molecule has 0 spiro atoms. The summed E-state index contributed by atoms with van der Waals surface area (Å²) in [6.07, 6.45) is 10.00. The van der Waals surface area contributed by atoms with Gasteiger partial charge in [0.1, 0.15) is 6.33 Å². The molecule has 1 saturated carbocycles. The monoisotopic (exact) mass is 195 g/mol. The maximum Gasteiger partial charge on any atom is 0.115 e. The predicted molar refractivity (Wildman–Crippen MR) is 56.0 cm³/mol. The Bertz CT molecular complexity index is 271. The summed E-state index contributed by atoms with van der Waals surface area (Å²) in [7, 11) is 0. The van der Waals surface area contributed by atoms with E-state index >= 15 is 0 Å². The highest BCUT2D eigenvalue weighted by Gasteiger charge is 2.41. The van der Waals surface area contributed by atoms with Gasteiger partial charge in [0.05, 0.1) is 18.1 Å². The van der Waals surface area contributed by atoms with E-state index < -0.39 is 0 Å². The molecule has 0 aromatic carbocycles. The average molecular weight is 195 g/mol. The fourth-order valence-electron chi connectivity index (χ4n) is 1.25. The second-order valence-corrected chi connectivity index (χ2v) is 4.64. The van der Waals surface area contributed by atoms with Gasteiger partial charge in [0.2, 0.25) is 0 Å². The predicted octanol–water partition coefficient (Wildman–Crippen LogP) is 1.78. The molecule has 0 radical (unpaired) electrons. The van der Waals surface area contributed by atoms with E-state index in [2.05, 4.69) is 21.5 Å². The van der Waals surface area contributed by atoms with Gasteiger partial charge in [-0.2, -0.15) is 11.8 Å². The number of hydrogen-bond acceptors (Lipinski definition) is 4. The SMILES string of the molecule is CSC1(CNc2cncnc2)CC1. The largest absolute Gasteiger partial charge is 0.381 e. The van der Waals surface area contributed by atoms with Gasteiger partial charge in [0.25, 0.3) is 0 Å². The molecule has 0 atom stereocenters. The number of anilines is 1. The molecule has 4 heteroatoms. The maximum absolute atomic E-state index is 3.95. The van der Waals surface area contributed by atoms with Crippen LogP contribution in [0.5, 0.6) is 0 Å². The zero-order valence-corrected chi connectivity index (χ0v) is 8.47. The molecule has 1 aliphatic rings. The first-order valence-corrected chi connectivity index (χ1v) is 5.61. The summed E-state index contributed by atoms with van der Waals surface area (Å²) in [6.45, 7) is 1.03. The molecular formula is C9H13N3S. The molecule has 70 valence electrons. The number of rotatable bonds is 4. The van der Waals surface area contributed by atoms with E-state index in [0.29, 0.717) is 4.75 Å². The van der Waals surface area contributed by atoms with Crippen molar-refractivity contribution in [1.82, 2.24) is 9.97 Å². The van der Waals surface area contributed by atoms with Gasteiger partial charge in [0.15, 0.2) is 0 Å². The summed E-state index contributed by atoms with van der Waals surface area (Å²) in [6, 6.07) is 0. The van der Waals surface area contributed by atoms with Crippen LogP contribution in [0.2, 0.25) is 0 Å². The number of thioether (sulfide) groups is 1. The van der Waals surface area contributed by atoms with Gasteiger partial charge >= 0.3 is 0 Å². The molecule has 3 nitrogen and oxygen atoms in total. The van der Waals surface area contributed by atoms with Gasteiger partial charge < -0.3 is 5.32 Å². The first-order valence-electron chi connectivity index (χ1n) is 4.39. The topological polar surface area (TPSA) is 37.8 Å². The summed E-state index contributed by atoms with van der Waals surface area (Å²) in [5, 5.41) is 3.35. The van der Waals surface area contributed by atoms with Crippen LogP contribution < -0.4 is 5.32 Å². The summed E-state index contributed by atoms with van der Waals surface area (Å²) in [4.78, 5) is 7.90. The molecule has 1 N–H and O–H groups in total. The van der Waals surface area contributed by atoms with E-state index in [1.807, 2.05) is 24.2 Å². The number of aromatic nitrogens is 2. The van der Waals surface area contributed by atoms with Crippen molar-refractivity contribution >= 4 is 17.4 Å². The molecule has 1 aromatic heterocycles. The summed E-state index contributed by atoms with van der Waals surface area (Å²) in [5.74, 6) is 0. The number of nitrogens with one attached hydrogen (secondary N) is 1. The van der Waals surface area contributed by atoms with Crippen molar-refractivity contribution in [2.45, 2.75) is 17.6 Å². The van der Waals surface area contributed by atoms with Crippen LogP contribution in [0, 0.1) is 0 Å². The molecule has 13 heavy (non-hydrogen) atoms. The van der Waals surface area contributed by atoms with E-state index in [1.165, 1.54) is 12.8 Å². The molecule has 0 amide bonds. The van der Waals surface area contributed by atoms with Crippen molar-refractivity contribution in [3.05, 3.63) is 18.7 Å². The molecule has 1 fully saturated rings. The van der Waals surface area contributed by atoms with Gasteiger partial charge in [-0.3, -0.25) is 0 Å². The van der Waals surface area contributed by atoms with Crippen molar-refractivity contribution in [3.8, 4) is 0 Å². The second kappa shape index (κ2) is 3.54. The molecule has 1 aliphatic carbocycles. The average Bonchev–Trinajstić information content (AvgIpc) is 2.97. The Morgan fingerprint density at radius 1 is 1.46 bits per heavy atom. The van der Waals surface area contributed by atoms with E-state index in [9.17, 15) is 0 Å². The molecule has 0 bridgehead atoms. The van der Waals surface area contributed by atoms with Crippen LogP contribution in [-0.4, -0.2) is 27.5 Å². The highest BCUT2D eigenvalue weighted by molar-refractivity contribution is 8.00. The smallest absolute Gasteiger partial charge is 0.115 e. The lowest BCUT2D eigenvalue weighted by Crippen LogP contribution is -2.17. The number of hydrogen-bond donors (Lipinski definition) is 1. The van der Waals surface area contributed by atoms with Crippen LogP contribution >= 0.6 is 11.8 Å². The van der Waals surface area contributed by atoms with Gasteiger partial charge in [-0.15, -0.1) is 0 Å². The van der Waals surface area contributed by atoms with E-state index in [1.54, 1.807) is 6.33 Å². The van der Waals surface area contributed by atoms with Gasteiger partial charge in [0, 0.05) is 11.3 Å². The summed E-state index contributed by atoms with van der Waals surface area (Å²) < 4.78 is 0.496. The quantitative estimate of drug-likeness (QED) is 0.794. The third kappa shape index (κ3) is 2.12. The molecule has 0 unspecified atom stereocenters. The van der Waals surface area contributed by atoms with Gasteiger partial charge in [-0.1, -0.05) is 0 Å². The lowest BCUT2D eigenvalue weighted by atomic mass is 10.4. The minimum Gasteiger partial charge on any atom is -0.381 e. The fraction of sp³-hybridized carbons (Fsp3) is 0.556. The normalized spacial score (nSPS) is 18.2. The van der Waals surface area contributed by atoms with Crippen molar-refractivity contribution in [2.75, 3.05) is 18.1 Å². The minimum absolute atomic E-state index is 0.496. The van der Waals surface area contributed by atoms with Crippen LogP contribution in [0.15, 0.2) is 18.7 Å². The molecule has 1 aromatic rings. The molecule has 1 heterocycles. The van der Waals surface area contributed by atoms with Crippen molar-refractivity contribution in [1.29, 1.82) is 0 Å². The van der Waals surface area contributed by atoms with Crippen molar-refractivity contribution in [2.24, 2.45) is 0 Å². The first-order chi connectivity index (χ1) is 6.35. The Hall–Kier alpha value is -0.770. The standard InChI is InChI=1S/C9H13N3S/c1-13-9(2-3-9)6-12-8-4-10-7-11-5-8/h4-5,7,12H,2-3,6H2,1H3. The van der Waals surface area contributed by atoms with Crippen LogP contribution in [0.25, 0.3) is 0 Å². The summed E-state index contributed by atoms with van der Waals surface area (Å²) in [5.41, 5.74) is 1.02. The Labute approximate surface area is 82.4 Å². The fourth-order valence-corrected chi connectivity index (χ4v) is 1.97.